The quantitative estimate of drug-likeness (QED) is 0.779. The summed E-state index contributed by atoms with van der Waals surface area (Å²) >= 11 is 0. The van der Waals surface area contributed by atoms with Gasteiger partial charge in [-0.15, -0.1) is 0 Å². The lowest BCUT2D eigenvalue weighted by atomic mass is 10.2. The maximum Gasteiger partial charge on any atom is 0.123 e. The minimum Gasteiger partial charge on any atom is -0.464 e. The summed E-state index contributed by atoms with van der Waals surface area (Å²) in [4.78, 5) is 2.20. The number of furan rings is 1. The lowest BCUT2D eigenvalue weighted by Crippen LogP contribution is -2.16. The fourth-order valence-electron chi connectivity index (χ4n) is 2.17. The van der Waals surface area contributed by atoms with Crippen LogP contribution in [0, 0.1) is 6.92 Å². The fraction of sp³-hybridized carbons (Fsp3) is 0.412. The molecule has 0 unspecified atom stereocenters. The van der Waals surface area contributed by atoms with Crippen LogP contribution in [-0.2, 0) is 13.1 Å². The van der Waals surface area contributed by atoms with Crippen LogP contribution >= 0.6 is 0 Å². The largest absolute Gasteiger partial charge is 0.464 e. The van der Waals surface area contributed by atoms with Gasteiger partial charge in [0.1, 0.15) is 11.5 Å². The number of aryl methyl sites for hydroxylation is 1. The van der Waals surface area contributed by atoms with Crippen molar-refractivity contribution in [3.8, 4) is 0 Å². The molecule has 0 aliphatic carbocycles. The number of rotatable bonds is 7. The molecule has 1 N–H and O–H groups in total. The number of anilines is 1. The van der Waals surface area contributed by atoms with E-state index in [1.54, 1.807) is 0 Å². The monoisotopic (exact) mass is 272 g/mol. The van der Waals surface area contributed by atoms with Gasteiger partial charge in [0.15, 0.2) is 0 Å². The highest BCUT2D eigenvalue weighted by Crippen LogP contribution is 2.17. The van der Waals surface area contributed by atoms with E-state index in [4.69, 9.17) is 4.42 Å². The second-order valence-corrected chi connectivity index (χ2v) is 5.21. The zero-order valence-electron chi connectivity index (χ0n) is 12.6. The number of hydrogen-bond acceptors (Lipinski definition) is 3. The predicted molar refractivity (Wildman–Crippen MR) is 84.0 cm³/mol. The summed E-state index contributed by atoms with van der Waals surface area (Å²) in [6.07, 6.45) is 1.17. The van der Waals surface area contributed by atoms with Crippen LogP contribution in [0.2, 0.25) is 0 Å². The van der Waals surface area contributed by atoms with E-state index >= 15 is 0 Å². The first-order valence-corrected chi connectivity index (χ1v) is 7.25. The van der Waals surface area contributed by atoms with Gasteiger partial charge in [-0.25, -0.2) is 0 Å². The lowest BCUT2D eigenvalue weighted by Gasteiger charge is -2.18. The molecule has 0 spiro atoms. The normalized spacial score (nSPS) is 10.8. The maximum absolute atomic E-state index is 5.61. The smallest absolute Gasteiger partial charge is 0.123 e. The second kappa shape index (κ2) is 7.15. The number of nitrogens with zero attached hydrogens (tertiary/aromatic N) is 1. The summed E-state index contributed by atoms with van der Waals surface area (Å²) in [5.41, 5.74) is 2.53. The van der Waals surface area contributed by atoms with Crippen LogP contribution in [0.4, 0.5) is 5.69 Å². The molecule has 0 aliphatic heterocycles. The molecule has 0 atom stereocenters. The van der Waals surface area contributed by atoms with Crippen molar-refractivity contribution in [1.82, 2.24) is 5.32 Å². The Kier molecular flexibility index (Phi) is 5.24. The van der Waals surface area contributed by atoms with Gasteiger partial charge in [-0.1, -0.05) is 19.1 Å². The molecule has 20 heavy (non-hydrogen) atoms. The minimum absolute atomic E-state index is 0.793. The first kappa shape index (κ1) is 14.7. The molecule has 0 radical (unpaired) electrons. The molecule has 0 aliphatic rings. The predicted octanol–water partition coefficient (Wildman–Crippen LogP) is 3.72. The van der Waals surface area contributed by atoms with Gasteiger partial charge in [0.2, 0.25) is 0 Å². The third-order valence-electron chi connectivity index (χ3n) is 3.32. The van der Waals surface area contributed by atoms with Gasteiger partial charge in [0.05, 0.1) is 6.54 Å². The molecular formula is C17H24N2O. The van der Waals surface area contributed by atoms with Gasteiger partial charge >= 0.3 is 0 Å². The van der Waals surface area contributed by atoms with Crippen molar-refractivity contribution >= 4 is 5.69 Å². The van der Waals surface area contributed by atoms with Gasteiger partial charge in [-0.3, -0.25) is 0 Å². The molecule has 1 aromatic carbocycles. The first-order chi connectivity index (χ1) is 9.69. The van der Waals surface area contributed by atoms with E-state index in [9.17, 15) is 0 Å². The van der Waals surface area contributed by atoms with Crippen LogP contribution in [0.15, 0.2) is 40.8 Å². The summed E-state index contributed by atoms with van der Waals surface area (Å²) in [7, 11) is 2.09. The molecule has 3 heteroatoms. The first-order valence-electron chi connectivity index (χ1n) is 7.25. The van der Waals surface area contributed by atoms with Crippen molar-refractivity contribution in [2.45, 2.75) is 33.4 Å². The lowest BCUT2D eigenvalue weighted by molar-refractivity contribution is 0.482. The Hall–Kier alpha value is -1.74. The van der Waals surface area contributed by atoms with Gasteiger partial charge in [0.25, 0.3) is 0 Å². The minimum atomic E-state index is 0.793. The van der Waals surface area contributed by atoms with E-state index in [-0.39, 0.29) is 0 Å². The fourth-order valence-corrected chi connectivity index (χ4v) is 2.17. The highest BCUT2D eigenvalue weighted by Gasteiger charge is 2.05. The zero-order valence-corrected chi connectivity index (χ0v) is 12.6. The van der Waals surface area contributed by atoms with Crippen molar-refractivity contribution in [1.29, 1.82) is 0 Å². The number of nitrogens with one attached hydrogen (secondary N) is 1. The van der Waals surface area contributed by atoms with Crippen molar-refractivity contribution in [2.75, 3.05) is 18.5 Å². The highest BCUT2D eigenvalue weighted by atomic mass is 16.3. The molecule has 1 aromatic heterocycles. The Bertz CT molecular complexity index is 516. The third kappa shape index (κ3) is 4.14. The van der Waals surface area contributed by atoms with E-state index in [0.29, 0.717) is 0 Å². The number of benzene rings is 1. The van der Waals surface area contributed by atoms with Crippen molar-refractivity contribution in [2.24, 2.45) is 0 Å². The maximum atomic E-state index is 5.61. The SMILES string of the molecule is CCCNCc1ccc(N(C)Cc2ccc(C)o2)cc1. The molecule has 3 nitrogen and oxygen atoms in total. The average molecular weight is 272 g/mol. The third-order valence-corrected chi connectivity index (χ3v) is 3.32. The topological polar surface area (TPSA) is 28.4 Å². The van der Waals surface area contributed by atoms with Gasteiger partial charge in [-0.05, 0) is 49.7 Å². The Morgan fingerprint density at radius 3 is 2.45 bits per heavy atom. The molecule has 0 fully saturated rings. The molecule has 0 saturated heterocycles. The summed E-state index contributed by atoms with van der Waals surface area (Å²) in [6, 6.07) is 12.7. The van der Waals surface area contributed by atoms with E-state index in [1.807, 2.05) is 19.1 Å². The summed E-state index contributed by atoms with van der Waals surface area (Å²) in [5, 5.41) is 3.41. The highest BCUT2D eigenvalue weighted by molar-refractivity contribution is 5.47. The van der Waals surface area contributed by atoms with Crippen molar-refractivity contribution in [3.05, 3.63) is 53.5 Å². The summed E-state index contributed by atoms with van der Waals surface area (Å²) in [5.74, 6) is 1.96. The number of hydrogen-bond donors (Lipinski definition) is 1. The molecule has 0 saturated carbocycles. The van der Waals surface area contributed by atoms with E-state index < -0.39 is 0 Å². The van der Waals surface area contributed by atoms with Gasteiger partial charge < -0.3 is 14.6 Å². The van der Waals surface area contributed by atoms with Crippen LogP contribution < -0.4 is 10.2 Å². The molecular weight excluding hydrogens is 248 g/mol. The Morgan fingerprint density at radius 2 is 1.85 bits per heavy atom. The molecule has 108 valence electrons. The Labute approximate surface area is 121 Å². The summed E-state index contributed by atoms with van der Waals surface area (Å²) < 4.78 is 5.61. The Morgan fingerprint density at radius 1 is 1.10 bits per heavy atom. The standard InChI is InChI=1S/C17H24N2O/c1-4-11-18-12-15-6-8-16(9-7-15)19(3)13-17-10-5-14(2)20-17/h5-10,18H,4,11-13H2,1-3H3. The molecule has 0 bridgehead atoms. The van der Waals surface area contributed by atoms with Crippen LogP contribution in [0.5, 0.6) is 0 Å². The van der Waals surface area contributed by atoms with E-state index in [2.05, 4.69) is 48.5 Å². The van der Waals surface area contributed by atoms with Crippen molar-refractivity contribution in [3.63, 3.8) is 0 Å². The molecule has 2 rings (SSSR count). The van der Waals surface area contributed by atoms with E-state index in [0.717, 1.165) is 31.2 Å². The molecule has 2 aromatic rings. The van der Waals surface area contributed by atoms with Gasteiger partial charge in [-0.2, -0.15) is 0 Å². The Balaban J connectivity index is 1.91. The zero-order chi connectivity index (χ0) is 14.4. The van der Waals surface area contributed by atoms with Crippen molar-refractivity contribution < 1.29 is 4.42 Å². The summed E-state index contributed by atoms with van der Waals surface area (Å²) in [6.45, 7) is 6.96. The molecule has 1 heterocycles. The molecule has 0 amide bonds. The van der Waals surface area contributed by atoms with Crippen LogP contribution in [0.3, 0.4) is 0 Å². The van der Waals surface area contributed by atoms with E-state index in [1.165, 1.54) is 17.7 Å². The van der Waals surface area contributed by atoms with Crippen LogP contribution in [0.1, 0.15) is 30.4 Å². The van der Waals surface area contributed by atoms with Crippen LogP contribution in [0.25, 0.3) is 0 Å². The average Bonchev–Trinajstić information content (AvgIpc) is 2.85. The van der Waals surface area contributed by atoms with Gasteiger partial charge in [0, 0.05) is 19.3 Å². The second-order valence-electron chi connectivity index (χ2n) is 5.21. The van der Waals surface area contributed by atoms with Crippen LogP contribution in [-0.4, -0.2) is 13.6 Å².